The standard InChI is InChI=1S/C13H15ClN2O2/c1-13(2)17-8-11(18-13)7-16-10-4-3-9(6-15)12(14)5-10/h3-5,11,16H,7-8H2,1-2H3. The van der Waals surface area contributed by atoms with Crippen LogP contribution in [0.15, 0.2) is 18.2 Å². The van der Waals surface area contributed by atoms with Crippen LogP contribution in [-0.4, -0.2) is 25.0 Å². The van der Waals surface area contributed by atoms with E-state index in [2.05, 4.69) is 5.32 Å². The smallest absolute Gasteiger partial charge is 0.163 e. The molecular formula is C13H15ClN2O2. The lowest BCUT2D eigenvalue weighted by Gasteiger charge is -2.17. The SMILES string of the molecule is CC1(C)OCC(CNc2ccc(C#N)c(Cl)c2)O1. The molecule has 0 saturated carbocycles. The van der Waals surface area contributed by atoms with Gasteiger partial charge in [0.25, 0.3) is 0 Å². The molecule has 1 saturated heterocycles. The number of rotatable bonds is 3. The van der Waals surface area contributed by atoms with Crippen LogP contribution in [0.4, 0.5) is 5.69 Å². The second kappa shape index (κ2) is 5.15. The van der Waals surface area contributed by atoms with E-state index in [4.69, 9.17) is 26.3 Å². The highest BCUT2D eigenvalue weighted by Gasteiger charge is 2.32. The van der Waals surface area contributed by atoms with E-state index in [9.17, 15) is 0 Å². The van der Waals surface area contributed by atoms with Gasteiger partial charge in [0.15, 0.2) is 5.79 Å². The van der Waals surface area contributed by atoms with E-state index in [1.54, 1.807) is 12.1 Å². The average molecular weight is 267 g/mol. The summed E-state index contributed by atoms with van der Waals surface area (Å²) >= 11 is 5.95. The third-order valence-corrected chi connectivity index (χ3v) is 3.00. The summed E-state index contributed by atoms with van der Waals surface area (Å²) in [6.07, 6.45) is 0.0226. The number of hydrogen-bond acceptors (Lipinski definition) is 4. The summed E-state index contributed by atoms with van der Waals surface area (Å²) < 4.78 is 11.1. The van der Waals surface area contributed by atoms with Crippen molar-refractivity contribution in [2.75, 3.05) is 18.5 Å². The molecule has 1 heterocycles. The Labute approximate surface area is 111 Å². The number of nitriles is 1. The largest absolute Gasteiger partial charge is 0.382 e. The van der Waals surface area contributed by atoms with E-state index >= 15 is 0 Å². The Balaban J connectivity index is 1.92. The Bertz CT molecular complexity index is 482. The summed E-state index contributed by atoms with van der Waals surface area (Å²) in [5.74, 6) is -0.505. The highest BCUT2D eigenvalue weighted by molar-refractivity contribution is 6.32. The molecule has 96 valence electrons. The number of ether oxygens (including phenoxy) is 2. The molecule has 1 unspecified atom stereocenters. The van der Waals surface area contributed by atoms with Crippen molar-refractivity contribution in [2.45, 2.75) is 25.7 Å². The normalized spacial score (nSPS) is 21.6. The Kier molecular flexibility index (Phi) is 3.76. The quantitative estimate of drug-likeness (QED) is 0.914. The van der Waals surface area contributed by atoms with Crippen molar-refractivity contribution in [2.24, 2.45) is 0 Å². The lowest BCUT2D eigenvalue weighted by atomic mass is 10.2. The van der Waals surface area contributed by atoms with Crippen LogP contribution in [0.25, 0.3) is 0 Å². The fourth-order valence-electron chi connectivity index (χ4n) is 1.81. The topological polar surface area (TPSA) is 54.3 Å². The van der Waals surface area contributed by atoms with Crippen molar-refractivity contribution in [1.29, 1.82) is 5.26 Å². The summed E-state index contributed by atoms with van der Waals surface area (Å²) in [6.45, 7) is 5.01. The number of nitrogens with one attached hydrogen (secondary N) is 1. The summed E-state index contributed by atoms with van der Waals surface area (Å²) in [7, 11) is 0. The molecule has 2 rings (SSSR count). The van der Waals surface area contributed by atoms with Gasteiger partial charge in [-0.15, -0.1) is 0 Å². The van der Waals surface area contributed by atoms with E-state index < -0.39 is 5.79 Å². The molecule has 18 heavy (non-hydrogen) atoms. The first-order chi connectivity index (χ1) is 8.50. The van der Waals surface area contributed by atoms with E-state index in [0.29, 0.717) is 23.7 Å². The van der Waals surface area contributed by atoms with Crippen LogP contribution in [0.2, 0.25) is 5.02 Å². The second-order valence-corrected chi connectivity index (χ2v) is 5.05. The van der Waals surface area contributed by atoms with Gasteiger partial charge in [-0.1, -0.05) is 11.6 Å². The van der Waals surface area contributed by atoms with Crippen LogP contribution < -0.4 is 5.32 Å². The predicted molar refractivity (Wildman–Crippen MR) is 69.6 cm³/mol. The van der Waals surface area contributed by atoms with Crippen LogP contribution >= 0.6 is 11.6 Å². The first-order valence-electron chi connectivity index (χ1n) is 5.75. The van der Waals surface area contributed by atoms with Gasteiger partial charge in [0.1, 0.15) is 12.2 Å². The van der Waals surface area contributed by atoms with Crippen LogP contribution in [0, 0.1) is 11.3 Å². The van der Waals surface area contributed by atoms with Crippen molar-refractivity contribution >= 4 is 17.3 Å². The van der Waals surface area contributed by atoms with Gasteiger partial charge in [0.2, 0.25) is 0 Å². The number of anilines is 1. The van der Waals surface area contributed by atoms with Crippen molar-refractivity contribution in [3.8, 4) is 6.07 Å². The molecule has 4 nitrogen and oxygen atoms in total. The predicted octanol–water partition coefficient (Wildman–Crippen LogP) is 2.78. The molecule has 1 atom stereocenters. The Morgan fingerprint density at radius 2 is 2.33 bits per heavy atom. The molecule has 0 aliphatic carbocycles. The lowest BCUT2D eigenvalue weighted by molar-refractivity contribution is -0.136. The molecule has 1 aliphatic heterocycles. The highest BCUT2D eigenvalue weighted by Crippen LogP contribution is 2.24. The van der Waals surface area contributed by atoms with Gasteiger partial charge in [0, 0.05) is 12.2 Å². The minimum absolute atomic E-state index is 0.0226. The molecule has 1 aromatic rings. The van der Waals surface area contributed by atoms with Crippen molar-refractivity contribution in [3.05, 3.63) is 28.8 Å². The van der Waals surface area contributed by atoms with E-state index in [-0.39, 0.29) is 6.10 Å². The molecule has 0 amide bonds. The molecule has 0 spiro atoms. The Hall–Kier alpha value is -1.28. The maximum atomic E-state index is 8.78. The fourth-order valence-corrected chi connectivity index (χ4v) is 2.03. The molecule has 1 aliphatic rings. The highest BCUT2D eigenvalue weighted by atomic mass is 35.5. The number of benzene rings is 1. The Morgan fingerprint density at radius 1 is 1.56 bits per heavy atom. The van der Waals surface area contributed by atoms with Gasteiger partial charge < -0.3 is 14.8 Å². The number of nitrogens with zero attached hydrogens (tertiary/aromatic N) is 1. The van der Waals surface area contributed by atoms with Crippen molar-refractivity contribution in [3.63, 3.8) is 0 Å². The lowest BCUT2D eigenvalue weighted by Crippen LogP contribution is -2.25. The maximum absolute atomic E-state index is 8.78. The summed E-state index contributed by atoms with van der Waals surface area (Å²) in [5.41, 5.74) is 1.34. The average Bonchev–Trinajstić information content (AvgIpc) is 2.66. The monoisotopic (exact) mass is 266 g/mol. The molecule has 5 heteroatoms. The van der Waals surface area contributed by atoms with Crippen LogP contribution in [0.5, 0.6) is 0 Å². The zero-order chi connectivity index (χ0) is 13.2. The zero-order valence-electron chi connectivity index (χ0n) is 10.4. The zero-order valence-corrected chi connectivity index (χ0v) is 11.1. The third-order valence-electron chi connectivity index (χ3n) is 2.69. The van der Waals surface area contributed by atoms with E-state index in [1.165, 1.54) is 0 Å². The van der Waals surface area contributed by atoms with Gasteiger partial charge in [0.05, 0.1) is 17.2 Å². The third kappa shape index (κ3) is 3.14. The van der Waals surface area contributed by atoms with E-state index in [0.717, 1.165) is 5.69 Å². The number of hydrogen-bond donors (Lipinski definition) is 1. The van der Waals surface area contributed by atoms with Crippen LogP contribution in [-0.2, 0) is 9.47 Å². The first-order valence-corrected chi connectivity index (χ1v) is 6.13. The van der Waals surface area contributed by atoms with Crippen LogP contribution in [0.3, 0.4) is 0 Å². The van der Waals surface area contributed by atoms with Gasteiger partial charge >= 0.3 is 0 Å². The summed E-state index contributed by atoms with van der Waals surface area (Å²) in [6, 6.07) is 7.28. The van der Waals surface area contributed by atoms with Gasteiger partial charge in [-0.25, -0.2) is 0 Å². The molecule has 1 fully saturated rings. The second-order valence-electron chi connectivity index (χ2n) is 4.64. The van der Waals surface area contributed by atoms with Crippen molar-refractivity contribution in [1.82, 2.24) is 0 Å². The summed E-state index contributed by atoms with van der Waals surface area (Å²) in [4.78, 5) is 0. The molecule has 1 aromatic carbocycles. The summed E-state index contributed by atoms with van der Waals surface area (Å²) in [5, 5.41) is 12.4. The molecule has 1 N–H and O–H groups in total. The minimum atomic E-state index is -0.505. The first kappa shape index (κ1) is 13.2. The Morgan fingerprint density at radius 3 is 2.89 bits per heavy atom. The molecule has 0 bridgehead atoms. The number of halogens is 1. The van der Waals surface area contributed by atoms with Crippen molar-refractivity contribution < 1.29 is 9.47 Å². The molecule has 0 aromatic heterocycles. The maximum Gasteiger partial charge on any atom is 0.163 e. The van der Waals surface area contributed by atoms with E-state index in [1.807, 2.05) is 26.0 Å². The molecular weight excluding hydrogens is 252 g/mol. The molecule has 0 radical (unpaired) electrons. The van der Waals surface area contributed by atoms with Gasteiger partial charge in [-0.2, -0.15) is 5.26 Å². The van der Waals surface area contributed by atoms with Crippen LogP contribution in [0.1, 0.15) is 19.4 Å². The van der Waals surface area contributed by atoms with Gasteiger partial charge in [-0.3, -0.25) is 0 Å². The van der Waals surface area contributed by atoms with Gasteiger partial charge in [-0.05, 0) is 32.0 Å². The fraction of sp³-hybridized carbons (Fsp3) is 0.462. The minimum Gasteiger partial charge on any atom is -0.382 e.